The van der Waals surface area contributed by atoms with Gasteiger partial charge in [0.1, 0.15) is 11.6 Å². The summed E-state index contributed by atoms with van der Waals surface area (Å²) in [6.07, 6.45) is 1.81. The molecule has 1 aliphatic rings. The number of para-hydroxylation sites is 1. The number of carbonyl (C=O) groups is 1. The van der Waals surface area contributed by atoms with E-state index >= 15 is 0 Å². The number of anilines is 2. The van der Waals surface area contributed by atoms with Gasteiger partial charge in [-0.25, -0.2) is 4.98 Å². The van der Waals surface area contributed by atoms with Gasteiger partial charge in [0, 0.05) is 26.2 Å². The number of rotatable bonds is 6. The van der Waals surface area contributed by atoms with Gasteiger partial charge in [-0.15, -0.1) is 0 Å². The number of likely N-dealkylation sites (N-methyl/N-ethyl adjacent to an activating group) is 1. The molecule has 1 saturated heterocycles. The third-order valence-corrected chi connectivity index (χ3v) is 4.31. The van der Waals surface area contributed by atoms with Crippen LogP contribution in [0, 0.1) is 0 Å². The van der Waals surface area contributed by atoms with E-state index in [1.165, 1.54) is 0 Å². The minimum absolute atomic E-state index is 0.0353. The first-order chi connectivity index (χ1) is 12.2. The van der Waals surface area contributed by atoms with Crippen molar-refractivity contribution >= 4 is 17.4 Å². The van der Waals surface area contributed by atoms with Crippen molar-refractivity contribution in [1.29, 1.82) is 0 Å². The zero-order valence-corrected chi connectivity index (χ0v) is 14.5. The fraction of sp³-hybridized carbons (Fsp3) is 0.368. The van der Waals surface area contributed by atoms with Gasteiger partial charge in [0.2, 0.25) is 0 Å². The molecule has 132 valence electrons. The summed E-state index contributed by atoms with van der Waals surface area (Å²) in [6, 6.07) is 13.1. The number of benzene rings is 1. The van der Waals surface area contributed by atoms with E-state index in [2.05, 4.69) is 27.0 Å². The SMILES string of the molecule is CCN1CCN(c2ccc(NC(=O)COc3ccccc3)nc2)CC1. The van der Waals surface area contributed by atoms with Gasteiger partial charge in [-0.2, -0.15) is 0 Å². The second-order valence-electron chi connectivity index (χ2n) is 5.97. The molecule has 1 aromatic heterocycles. The number of nitrogens with one attached hydrogen (secondary N) is 1. The number of ether oxygens (including phenoxy) is 1. The van der Waals surface area contributed by atoms with E-state index in [0.717, 1.165) is 38.4 Å². The van der Waals surface area contributed by atoms with Crippen molar-refractivity contribution in [2.24, 2.45) is 0 Å². The largest absolute Gasteiger partial charge is 0.484 e. The van der Waals surface area contributed by atoms with E-state index in [1.54, 1.807) is 0 Å². The Morgan fingerprint density at radius 3 is 2.52 bits per heavy atom. The number of nitrogens with zero attached hydrogens (tertiary/aromatic N) is 3. The minimum atomic E-state index is -0.222. The predicted octanol–water partition coefficient (Wildman–Crippen LogP) is 2.24. The zero-order valence-electron chi connectivity index (χ0n) is 14.5. The molecule has 25 heavy (non-hydrogen) atoms. The Bertz CT molecular complexity index is 668. The number of pyridine rings is 1. The zero-order chi connectivity index (χ0) is 17.5. The fourth-order valence-corrected chi connectivity index (χ4v) is 2.81. The minimum Gasteiger partial charge on any atom is -0.484 e. The van der Waals surface area contributed by atoms with E-state index < -0.39 is 0 Å². The Kier molecular flexibility index (Phi) is 5.85. The number of hydrogen-bond acceptors (Lipinski definition) is 5. The highest BCUT2D eigenvalue weighted by Gasteiger charge is 2.16. The molecule has 0 saturated carbocycles. The molecular formula is C19H24N4O2. The molecule has 6 nitrogen and oxygen atoms in total. The Balaban J connectivity index is 1.48. The van der Waals surface area contributed by atoms with Crippen LogP contribution in [0.5, 0.6) is 5.75 Å². The van der Waals surface area contributed by atoms with Crippen LogP contribution in [0.2, 0.25) is 0 Å². The van der Waals surface area contributed by atoms with Crippen molar-refractivity contribution in [2.45, 2.75) is 6.92 Å². The highest BCUT2D eigenvalue weighted by atomic mass is 16.5. The monoisotopic (exact) mass is 340 g/mol. The molecule has 0 atom stereocenters. The molecule has 1 aromatic carbocycles. The van der Waals surface area contributed by atoms with E-state index in [-0.39, 0.29) is 12.5 Å². The predicted molar refractivity (Wildman–Crippen MR) is 99.1 cm³/mol. The molecule has 0 spiro atoms. The van der Waals surface area contributed by atoms with Gasteiger partial charge in [-0.3, -0.25) is 4.79 Å². The second-order valence-corrected chi connectivity index (χ2v) is 5.97. The summed E-state index contributed by atoms with van der Waals surface area (Å²) in [5, 5.41) is 2.76. The van der Waals surface area contributed by atoms with Crippen LogP contribution in [0.25, 0.3) is 0 Å². The Hall–Kier alpha value is -2.60. The molecule has 0 aliphatic carbocycles. The normalized spacial score (nSPS) is 15.0. The van der Waals surface area contributed by atoms with Crippen molar-refractivity contribution in [2.75, 3.05) is 49.5 Å². The number of carbonyl (C=O) groups excluding carboxylic acids is 1. The van der Waals surface area contributed by atoms with Crippen molar-refractivity contribution in [3.8, 4) is 5.75 Å². The lowest BCUT2D eigenvalue weighted by molar-refractivity contribution is -0.118. The third kappa shape index (κ3) is 4.93. The lowest BCUT2D eigenvalue weighted by Gasteiger charge is -2.35. The van der Waals surface area contributed by atoms with Crippen LogP contribution in [-0.4, -0.2) is 55.1 Å². The van der Waals surface area contributed by atoms with Gasteiger partial charge in [0.15, 0.2) is 6.61 Å². The molecule has 0 radical (unpaired) electrons. The lowest BCUT2D eigenvalue weighted by atomic mass is 10.2. The molecule has 6 heteroatoms. The average molecular weight is 340 g/mol. The second kappa shape index (κ2) is 8.48. The maximum absolute atomic E-state index is 11.9. The summed E-state index contributed by atoms with van der Waals surface area (Å²) in [7, 11) is 0. The van der Waals surface area contributed by atoms with Gasteiger partial charge in [-0.05, 0) is 30.8 Å². The maximum atomic E-state index is 11.9. The standard InChI is InChI=1S/C19H24N4O2/c1-2-22-10-12-23(13-11-22)16-8-9-18(20-14-16)21-19(24)15-25-17-6-4-3-5-7-17/h3-9,14H,2,10-13,15H2,1H3,(H,20,21,24). The van der Waals surface area contributed by atoms with Crippen molar-refractivity contribution in [3.05, 3.63) is 48.7 Å². The van der Waals surface area contributed by atoms with E-state index in [9.17, 15) is 4.79 Å². The lowest BCUT2D eigenvalue weighted by Crippen LogP contribution is -2.46. The molecule has 2 aromatic rings. The number of amides is 1. The smallest absolute Gasteiger partial charge is 0.263 e. The van der Waals surface area contributed by atoms with Crippen LogP contribution >= 0.6 is 0 Å². The maximum Gasteiger partial charge on any atom is 0.263 e. The van der Waals surface area contributed by atoms with E-state index in [4.69, 9.17) is 4.74 Å². The van der Waals surface area contributed by atoms with Gasteiger partial charge in [-0.1, -0.05) is 25.1 Å². The third-order valence-electron chi connectivity index (χ3n) is 4.31. The average Bonchev–Trinajstić information content (AvgIpc) is 2.68. The first-order valence-electron chi connectivity index (χ1n) is 8.65. The molecule has 0 unspecified atom stereocenters. The summed E-state index contributed by atoms with van der Waals surface area (Å²) in [5.74, 6) is 0.991. The van der Waals surface area contributed by atoms with Gasteiger partial charge < -0.3 is 19.9 Å². The topological polar surface area (TPSA) is 57.7 Å². The van der Waals surface area contributed by atoms with Crippen LogP contribution < -0.4 is 15.0 Å². The molecular weight excluding hydrogens is 316 g/mol. The number of piperazine rings is 1. The van der Waals surface area contributed by atoms with Crippen LogP contribution in [0.3, 0.4) is 0 Å². The molecule has 2 heterocycles. The van der Waals surface area contributed by atoms with Crippen LogP contribution in [0.4, 0.5) is 11.5 Å². The first kappa shape index (κ1) is 17.2. The van der Waals surface area contributed by atoms with Crippen molar-refractivity contribution in [3.63, 3.8) is 0 Å². The quantitative estimate of drug-likeness (QED) is 0.874. The van der Waals surface area contributed by atoms with Crippen LogP contribution in [0.1, 0.15) is 6.92 Å². The molecule has 0 bridgehead atoms. The Morgan fingerprint density at radius 1 is 1.12 bits per heavy atom. The van der Waals surface area contributed by atoms with Gasteiger partial charge in [0.05, 0.1) is 11.9 Å². The van der Waals surface area contributed by atoms with Crippen LogP contribution in [0.15, 0.2) is 48.7 Å². The van der Waals surface area contributed by atoms with E-state index in [1.807, 2.05) is 48.7 Å². The summed E-state index contributed by atoms with van der Waals surface area (Å²) >= 11 is 0. The Labute approximate surface area is 148 Å². The van der Waals surface area contributed by atoms with Crippen LogP contribution in [-0.2, 0) is 4.79 Å². The number of aromatic nitrogens is 1. The highest BCUT2D eigenvalue weighted by molar-refractivity contribution is 5.91. The highest BCUT2D eigenvalue weighted by Crippen LogP contribution is 2.17. The summed E-state index contributed by atoms with van der Waals surface area (Å²) in [4.78, 5) is 21.1. The number of hydrogen-bond donors (Lipinski definition) is 1. The fourth-order valence-electron chi connectivity index (χ4n) is 2.81. The van der Waals surface area contributed by atoms with Crippen molar-refractivity contribution < 1.29 is 9.53 Å². The molecule has 3 rings (SSSR count). The molecule has 1 fully saturated rings. The summed E-state index contributed by atoms with van der Waals surface area (Å²) < 4.78 is 5.43. The van der Waals surface area contributed by atoms with Crippen molar-refractivity contribution in [1.82, 2.24) is 9.88 Å². The molecule has 1 aliphatic heterocycles. The van der Waals surface area contributed by atoms with Gasteiger partial charge >= 0.3 is 0 Å². The summed E-state index contributed by atoms with van der Waals surface area (Å²) in [6.45, 7) is 7.42. The summed E-state index contributed by atoms with van der Waals surface area (Å²) in [5.41, 5.74) is 1.09. The molecule has 1 amide bonds. The first-order valence-corrected chi connectivity index (χ1v) is 8.65. The Morgan fingerprint density at radius 2 is 1.88 bits per heavy atom. The van der Waals surface area contributed by atoms with E-state index in [0.29, 0.717) is 11.6 Å². The molecule has 1 N–H and O–H groups in total. The van der Waals surface area contributed by atoms with Gasteiger partial charge in [0.25, 0.3) is 5.91 Å².